The van der Waals surface area contributed by atoms with Gasteiger partial charge in [0.25, 0.3) is 5.91 Å². The Morgan fingerprint density at radius 1 is 0.768 bits per heavy atom. The normalized spacial score (nSPS) is 20.0. The van der Waals surface area contributed by atoms with Gasteiger partial charge >= 0.3 is 6.09 Å². The van der Waals surface area contributed by atoms with E-state index in [1.165, 1.54) is 24.3 Å². The van der Waals surface area contributed by atoms with Gasteiger partial charge in [0.15, 0.2) is 0 Å². The van der Waals surface area contributed by atoms with Gasteiger partial charge in [-0.25, -0.2) is 13.6 Å². The molecule has 3 unspecified atom stereocenters. The summed E-state index contributed by atoms with van der Waals surface area (Å²) < 4.78 is 32.7. The summed E-state index contributed by atoms with van der Waals surface area (Å²) >= 11 is 0. The second kappa shape index (κ2) is 28.8. The second-order valence-electron chi connectivity index (χ2n) is 15.8. The van der Waals surface area contributed by atoms with Gasteiger partial charge in [0.2, 0.25) is 5.91 Å². The number of halogens is 2. The molecule has 0 saturated carbocycles. The number of hydrogen-bond acceptors (Lipinski definition) is 5. The largest absolute Gasteiger partial charge is 0.445 e. The van der Waals surface area contributed by atoms with Crippen molar-refractivity contribution in [2.45, 2.75) is 89.1 Å². The second-order valence-corrected chi connectivity index (χ2v) is 27.5. The van der Waals surface area contributed by atoms with E-state index in [0.29, 0.717) is 43.2 Å². The van der Waals surface area contributed by atoms with Crippen LogP contribution in [0.4, 0.5) is 25.0 Å². The molecule has 0 radical (unpaired) electrons. The first-order chi connectivity index (χ1) is 33.2. The minimum absolute atomic E-state index is 0.116. The molecule has 3 aromatic carbocycles. The van der Waals surface area contributed by atoms with E-state index in [-0.39, 0.29) is 54.7 Å². The van der Waals surface area contributed by atoms with Crippen LogP contribution in [0, 0.1) is 107 Å². The molecule has 7 rings (SSSR count). The SMILES string of the molecule is C#CC#CC#CC#CC#CC#CC#CC#CC.C[C@H]1C[C@@]2(C=CC(=O)N2c2cccc(F)c2)CCN1C(=O)OCc1ccccc1.C[C@H]1C[C@]2(CCN1)CCC(=O)N2c1cccc(F)c1.PP(P)P. The fourth-order valence-electron chi connectivity index (χ4n) is 8.31. The number of carbonyl (C=O) groups is 3. The number of piperidine rings is 2. The molecule has 3 amide bonds. The highest BCUT2D eigenvalue weighted by atomic mass is 32.7. The Balaban J connectivity index is 0.000000227. The summed E-state index contributed by atoms with van der Waals surface area (Å²) in [6.07, 6.45) is 12.4. The van der Waals surface area contributed by atoms with Gasteiger partial charge in [-0.1, -0.05) is 54.5 Å². The van der Waals surface area contributed by atoms with E-state index in [4.69, 9.17) is 11.2 Å². The first-order valence-corrected chi connectivity index (χ1v) is 27.9. The number of hydrogen-bond donors (Lipinski definition) is 1. The fourth-order valence-corrected chi connectivity index (χ4v) is 8.31. The van der Waals surface area contributed by atoms with Crippen molar-refractivity contribution < 1.29 is 27.9 Å². The highest BCUT2D eigenvalue weighted by molar-refractivity contribution is 8.65. The summed E-state index contributed by atoms with van der Waals surface area (Å²) in [6.45, 7) is 7.52. The fraction of sp³-hybridized carbons (Fsp3) is 0.291. The molecule has 2 spiro atoms. The van der Waals surface area contributed by atoms with Crippen molar-refractivity contribution >= 4 is 63.1 Å². The molecule has 3 saturated heterocycles. The van der Waals surface area contributed by atoms with Crippen LogP contribution in [0.2, 0.25) is 0 Å². The standard InChI is InChI=1S/C23H23FN2O3.C17H4.C15H19FN2O.H6P4/c1-17-15-23(11-10-21(27)26(23)20-9-5-8-19(24)14-20)12-13-25(17)22(28)29-16-18-6-3-2-4-7-18;1-3-5-7-9-11-13-15-17-16-14-12-10-8-6-4-2;1-11-10-15(7-8-17-11)6-5-14(19)18(15)13-4-2-3-12(16)9-13;1-4(2)3/h2-11,14,17H,12-13,15-16H2,1H3;1H,2H3;2-4,9,11,17H,5-8,10H2,1H3;1-3H2/t17-,23+;;11-,15+;/m0.0./s1. The van der Waals surface area contributed by atoms with Crippen LogP contribution < -0.4 is 15.1 Å². The van der Waals surface area contributed by atoms with Crippen LogP contribution in [0.25, 0.3) is 0 Å². The minimum atomic E-state index is -0.555. The zero-order valence-corrected chi connectivity index (χ0v) is 43.0. The Labute approximate surface area is 414 Å². The molecule has 69 heavy (non-hydrogen) atoms. The first-order valence-electron chi connectivity index (χ1n) is 21.7. The Morgan fingerprint density at radius 2 is 1.32 bits per heavy atom. The van der Waals surface area contributed by atoms with Gasteiger partial charge in [0.05, 0.1) is 11.1 Å². The molecular weight excluding hydrogens is 943 g/mol. The Morgan fingerprint density at radius 3 is 1.84 bits per heavy atom. The molecule has 350 valence electrons. The van der Waals surface area contributed by atoms with Gasteiger partial charge < -0.3 is 19.9 Å². The van der Waals surface area contributed by atoms with E-state index in [9.17, 15) is 23.2 Å². The molecule has 0 aromatic heterocycles. The minimum Gasteiger partial charge on any atom is -0.445 e. The lowest BCUT2D eigenvalue weighted by molar-refractivity contribution is -0.117. The smallest absolute Gasteiger partial charge is 0.410 e. The van der Waals surface area contributed by atoms with Gasteiger partial charge in [0.1, 0.15) is 18.2 Å². The molecule has 3 aromatic rings. The van der Waals surface area contributed by atoms with E-state index in [1.807, 2.05) is 54.3 Å². The average Bonchev–Trinajstić information content (AvgIpc) is 3.80. The third-order valence-corrected chi connectivity index (χ3v) is 11.0. The summed E-state index contributed by atoms with van der Waals surface area (Å²) in [7, 11) is 7.94. The van der Waals surface area contributed by atoms with Gasteiger partial charge in [-0.3, -0.25) is 14.5 Å². The number of ether oxygens (including phenoxy) is 1. The molecule has 4 aliphatic rings. The van der Waals surface area contributed by atoms with Gasteiger partial charge in [-0.2, -0.15) is 0 Å². The maximum atomic E-state index is 13.7. The maximum Gasteiger partial charge on any atom is 0.410 e. The van der Waals surface area contributed by atoms with Crippen LogP contribution in [0.1, 0.15) is 64.9 Å². The van der Waals surface area contributed by atoms with Crippen molar-refractivity contribution in [1.82, 2.24) is 10.2 Å². The summed E-state index contributed by atoms with van der Waals surface area (Å²) in [5.74, 6) is 36.2. The summed E-state index contributed by atoms with van der Waals surface area (Å²) in [5.41, 5.74) is 1.50. The zero-order chi connectivity index (χ0) is 50.1. The average molecular weight is 995 g/mol. The van der Waals surface area contributed by atoms with E-state index in [1.54, 1.807) is 41.0 Å². The van der Waals surface area contributed by atoms with Crippen LogP contribution in [0.3, 0.4) is 0 Å². The Bertz CT molecular complexity index is 2860. The van der Waals surface area contributed by atoms with Crippen molar-refractivity contribution in [1.29, 1.82) is 0 Å². The topological polar surface area (TPSA) is 82.2 Å². The lowest BCUT2D eigenvalue weighted by atomic mass is 9.82. The van der Waals surface area contributed by atoms with Crippen molar-refractivity contribution in [2.75, 3.05) is 22.9 Å². The zero-order valence-electron chi connectivity index (χ0n) is 38.7. The van der Waals surface area contributed by atoms with Crippen LogP contribution in [-0.4, -0.2) is 59.1 Å². The molecule has 0 aliphatic carbocycles. The molecule has 0 bridgehead atoms. The summed E-state index contributed by atoms with van der Waals surface area (Å²) in [4.78, 5) is 42.6. The van der Waals surface area contributed by atoms with Crippen molar-refractivity contribution in [2.24, 2.45) is 0 Å². The molecule has 7 atom stereocenters. The van der Waals surface area contributed by atoms with Crippen molar-refractivity contribution in [3.63, 3.8) is 0 Å². The van der Waals surface area contributed by atoms with Gasteiger partial charge in [0, 0.05) is 42.5 Å². The number of likely N-dealkylation sites (tertiary alicyclic amines) is 1. The Kier molecular flexibility index (Phi) is 23.1. The number of anilines is 2. The van der Waals surface area contributed by atoms with Gasteiger partial charge in [-0.15, -0.1) is 33.2 Å². The Hall–Kier alpha value is -6.37. The van der Waals surface area contributed by atoms with Crippen molar-refractivity contribution in [3.8, 4) is 95.2 Å². The summed E-state index contributed by atoms with van der Waals surface area (Å²) in [5, 5.41) is 3.42. The van der Waals surface area contributed by atoms with E-state index < -0.39 is 5.54 Å². The van der Waals surface area contributed by atoms with E-state index in [2.05, 4.69) is 128 Å². The third kappa shape index (κ3) is 17.6. The predicted molar refractivity (Wildman–Crippen MR) is 285 cm³/mol. The van der Waals surface area contributed by atoms with Crippen LogP contribution in [-0.2, 0) is 20.9 Å². The lowest BCUT2D eigenvalue weighted by Crippen LogP contribution is -2.57. The molecule has 4 aliphatic heterocycles. The third-order valence-electron chi connectivity index (χ3n) is 11.0. The van der Waals surface area contributed by atoms with Gasteiger partial charge in [-0.05, 0) is 191 Å². The van der Waals surface area contributed by atoms with Crippen LogP contribution >= 0.6 is 33.8 Å². The molecule has 3 fully saturated rings. The van der Waals surface area contributed by atoms with E-state index in [0.717, 1.165) is 31.4 Å². The van der Waals surface area contributed by atoms with Crippen LogP contribution in [0.15, 0.2) is 91.0 Å². The first kappa shape index (κ1) is 55.2. The number of rotatable bonds is 4. The lowest BCUT2D eigenvalue weighted by Gasteiger charge is -2.47. The number of benzene rings is 3. The molecular formula is C55H52F2N4O4P4. The maximum absolute atomic E-state index is 13.7. The van der Waals surface area contributed by atoms with Crippen LogP contribution in [0.5, 0.6) is 0 Å². The molecule has 8 nitrogen and oxygen atoms in total. The number of nitrogens with zero attached hydrogens (tertiary/aromatic N) is 3. The highest BCUT2D eigenvalue weighted by Crippen LogP contribution is 2.60. The molecule has 14 heteroatoms. The van der Waals surface area contributed by atoms with Crippen molar-refractivity contribution in [3.05, 3.63) is 108 Å². The molecule has 1 N–H and O–H groups in total. The summed E-state index contributed by atoms with van der Waals surface area (Å²) in [6, 6.07) is 22.3. The predicted octanol–water partition coefficient (Wildman–Crippen LogP) is 9.25. The monoisotopic (exact) mass is 994 g/mol. The highest BCUT2D eigenvalue weighted by Gasteiger charge is 2.49. The number of carbonyl (C=O) groups excluding carboxylic acids is 3. The van der Waals surface area contributed by atoms with E-state index >= 15 is 0 Å². The quantitative estimate of drug-likeness (QED) is 0.208. The number of amides is 3. The number of terminal acetylenes is 1. The number of nitrogens with one attached hydrogen (secondary N) is 1. The molecule has 4 heterocycles.